The van der Waals surface area contributed by atoms with E-state index in [1.807, 2.05) is 11.3 Å². The molecule has 1 nitrogen and oxygen atoms in total. The Labute approximate surface area is 123 Å². The molecule has 3 heteroatoms. The molecule has 1 saturated carbocycles. The van der Waals surface area contributed by atoms with Crippen molar-refractivity contribution in [2.45, 2.75) is 52.5 Å². The van der Waals surface area contributed by atoms with Crippen LogP contribution in [0.15, 0.2) is 15.9 Å². The van der Waals surface area contributed by atoms with Crippen LogP contribution in [0, 0.1) is 11.3 Å². The molecule has 1 aromatic heterocycles. The van der Waals surface area contributed by atoms with E-state index in [2.05, 4.69) is 54.2 Å². The Bertz CT molecular complexity index is 386. The number of rotatable bonds is 5. The van der Waals surface area contributed by atoms with Crippen molar-refractivity contribution in [3.05, 3.63) is 20.8 Å². The summed E-state index contributed by atoms with van der Waals surface area (Å²) in [5.41, 5.74) is 0.501. The molecule has 1 aromatic rings. The Morgan fingerprint density at radius 3 is 2.78 bits per heavy atom. The van der Waals surface area contributed by atoms with Crippen LogP contribution >= 0.6 is 27.3 Å². The molecular weight excluding hydrogens is 306 g/mol. The summed E-state index contributed by atoms with van der Waals surface area (Å²) in [5.74, 6) is 0.818. The van der Waals surface area contributed by atoms with Gasteiger partial charge in [0.15, 0.2) is 0 Å². The van der Waals surface area contributed by atoms with E-state index in [9.17, 15) is 0 Å². The summed E-state index contributed by atoms with van der Waals surface area (Å²) in [7, 11) is 0. The van der Waals surface area contributed by atoms with Gasteiger partial charge in [0.2, 0.25) is 0 Å². The minimum absolute atomic E-state index is 0.501. The average molecular weight is 330 g/mol. The molecule has 1 N–H and O–H groups in total. The van der Waals surface area contributed by atoms with Gasteiger partial charge in [0.25, 0.3) is 0 Å². The summed E-state index contributed by atoms with van der Waals surface area (Å²) in [6.45, 7) is 8.18. The molecule has 2 rings (SSSR count). The van der Waals surface area contributed by atoms with Crippen LogP contribution < -0.4 is 5.32 Å². The lowest BCUT2D eigenvalue weighted by atomic mass is 9.76. The van der Waals surface area contributed by atoms with Gasteiger partial charge in [0.05, 0.1) is 3.79 Å². The Morgan fingerprint density at radius 2 is 2.28 bits per heavy atom. The van der Waals surface area contributed by atoms with Gasteiger partial charge in [0.1, 0.15) is 0 Å². The van der Waals surface area contributed by atoms with Crippen LogP contribution in [0.1, 0.15) is 44.9 Å². The van der Waals surface area contributed by atoms with Crippen LogP contribution in [0.25, 0.3) is 0 Å². The summed E-state index contributed by atoms with van der Waals surface area (Å²) in [6, 6.07) is 5.07. The molecule has 1 fully saturated rings. The third-order valence-electron chi connectivity index (χ3n) is 4.34. The first-order valence-corrected chi connectivity index (χ1v) is 8.61. The number of hydrogen-bond acceptors (Lipinski definition) is 2. The topological polar surface area (TPSA) is 12.0 Å². The minimum Gasteiger partial charge on any atom is -0.314 e. The highest BCUT2D eigenvalue weighted by Gasteiger charge is 2.39. The first kappa shape index (κ1) is 14.5. The van der Waals surface area contributed by atoms with Gasteiger partial charge in [-0.3, -0.25) is 0 Å². The van der Waals surface area contributed by atoms with Crippen molar-refractivity contribution < 1.29 is 0 Å². The molecule has 102 valence electrons. The van der Waals surface area contributed by atoms with Crippen LogP contribution in [-0.4, -0.2) is 12.6 Å². The molecule has 2 unspecified atom stereocenters. The fourth-order valence-electron chi connectivity index (χ4n) is 3.40. The van der Waals surface area contributed by atoms with Crippen LogP contribution in [0.3, 0.4) is 0 Å². The van der Waals surface area contributed by atoms with Crippen molar-refractivity contribution in [2.24, 2.45) is 11.3 Å². The summed E-state index contributed by atoms with van der Waals surface area (Å²) in [4.78, 5) is 1.50. The average Bonchev–Trinajstić information content (AvgIpc) is 2.84. The van der Waals surface area contributed by atoms with Gasteiger partial charge in [-0.25, -0.2) is 0 Å². The zero-order chi connectivity index (χ0) is 13.2. The Hall–Kier alpha value is 0.140. The van der Waals surface area contributed by atoms with Gasteiger partial charge < -0.3 is 5.32 Å². The number of hydrogen-bond donors (Lipinski definition) is 1. The summed E-state index contributed by atoms with van der Waals surface area (Å²) >= 11 is 5.44. The Morgan fingerprint density at radius 1 is 1.50 bits per heavy atom. The van der Waals surface area contributed by atoms with E-state index < -0.39 is 0 Å². The lowest BCUT2D eigenvalue weighted by Gasteiger charge is -2.34. The van der Waals surface area contributed by atoms with E-state index in [0.29, 0.717) is 11.5 Å². The molecule has 0 radical (unpaired) electrons. The van der Waals surface area contributed by atoms with Crippen molar-refractivity contribution in [2.75, 3.05) is 6.54 Å². The molecule has 0 saturated heterocycles. The summed E-state index contributed by atoms with van der Waals surface area (Å²) in [5, 5.41) is 3.73. The quantitative estimate of drug-likeness (QED) is 0.813. The molecular formula is C15H24BrNS. The maximum atomic E-state index is 3.73. The number of likely N-dealkylation sites (N-methyl/N-ethyl adjacent to an activating group) is 1. The zero-order valence-corrected chi connectivity index (χ0v) is 14.0. The van der Waals surface area contributed by atoms with Crippen LogP contribution in [-0.2, 0) is 6.42 Å². The van der Waals surface area contributed by atoms with Gasteiger partial charge in [-0.15, -0.1) is 11.3 Å². The molecule has 18 heavy (non-hydrogen) atoms. The van der Waals surface area contributed by atoms with E-state index in [1.165, 1.54) is 34.3 Å². The van der Waals surface area contributed by atoms with Crippen molar-refractivity contribution in [1.29, 1.82) is 0 Å². The van der Waals surface area contributed by atoms with E-state index in [-0.39, 0.29) is 0 Å². The summed E-state index contributed by atoms with van der Waals surface area (Å²) in [6.07, 6.45) is 5.34. The smallest absolute Gasteiger partial charge is 0.0701 e. The first-order valence-electron chi connectivity index (χ1n) is 7.00. The maximum absolute atomic E-state index is 3.73. The number of halogens is 1. The van der Waals surface area contributed by atoms with Gasteiger partial charge in [0, 0.05) is 10.9 Å². The van der Waals surface area contributed by atoms with Crippen LogP contribution in [0.4, 0.5) is 0 Å². The molecule has 2 atom stereocenters. The zero-order valence-electron chi connectivity index (χ0n) is 11.6. The van der Waals surface area contributed by atoms with Crippen LogP contribution in [0.5, 0.6) is 0 Å². The van der Waals surface area contributed by atoms with Crippen molar-refractivity contribution in [3.63, 3.8) is 0 Å². The highest BCUT2D eigenvalue weighted by atomic mass is 79.9. The highest BCUT2D eigenvalue weighted by Crippen LogP contribution is 2.45. The SMILES string of the molecule is CCNC(Cc1ccc(Br)s1)C1CCCC1(C)C. The third kappa shape index (κ3) is 3.37. The van der Waals surface area contributed by atoms with Crippen LogP contribution in [0.2, 0.25) is 0 Å². The predicted octanol–water partition coefficient (Wildman–Crippen LogP) is 4.86. The fraction of sp³-hybridized carbons (Fsp3) is 0.733. The lowest BCUT2D eigenvalue weighted by molar-refractivity contribution is 0.197. The maximum Gasteiger partial charge on any atom is 0.0701 e. The summed E-state index contributed by atoms with van der Waals surface area (Å²) < 4.78 is 1.25. The largest absolute Gasteiger partial charge is 0.314 e. The second-order valence-electron chi connectivity index (χ2n) is 6.06. The first-order chi connectivity index (χ1) is 8.53. The van der Waals surface area contributed by atoms with Gasteiger partial charge in [-0.05, 0) is 65.2 Å². The van der Waals surface area contributed by atoms with Gasteiger partial charge >= 0.3 is 0 Å². The van der Waals surface area contributed by atoms with E-state index in [0.717, 1.165) is 12.5 Å². The second kappa shape index (κ2) is 6.06. The van der Waals surface area contributed by atoms with E-state index in [4.69, 9.17) is 0 Å². The number of nitrogens with one attached hydrogen (secondary N) is 1. The highest BCUT2D eigenvalue weighted by molar-refractivity contribution is 9.11. The predicted molar refractivity (Wildman–Crippen MR) is 84.3 cm³/mol. The molecule has 0 spiro atoms. The van der Waals surface area contributed by atoms with E-state index >= 15 is 0 Å². The van der Waals surface area contributed by atoms with Gasteiger partial charge in [-0.1, -0.05) is 27.2 Å². The second-order valence-corrected chi connectivity index (χ2v) is 8.61. The monoisotopic (exact) mass is 329 g/mol. The molecule has 1 aliphatic carbocycles. The normalized spacial score (nSPS) is 24.3. The molecule has 0 aliphatic heterocycles. The van der Waals surface area contributed by atoms with Gasteiger partial charge in [-0.2, -0.15) is 0 Å². The third-order valence-corrected chi connectivity index (χ3v) is 5.99. The lowest BCUT2D eigenvalue weighted by Crippen LogP contribution is -2.42. The van der Waals surface area contributed by atoms with E-state index in [1.54, 1.807) is 0 Å². The fourth-order valence-corrected chi connectivity index (χ4v) is 4.94. The van der Waals surface area contributed by atoms with Crippen molar-refractivity contribution in [1.82, 2.24) is 5.32 Å². The molecule has 1 aliphatic rings. The standard InChI is InChI=1S/C15H24BrNS/c1-4-17-13(10-11-7-8-14(16)18-11)12-6-5-9-15(12,2)3/h7-8,12-13,17H,4-6,9-10H2,1-3H3. The molecule has 1 heterocycles. The van der Waals surface area contributed by atoms with Crippen molar-refractivity contribution in [3.8, 4) is 0 Å². The molecule has 0 bridgehead atoms. The molecule has 0 aromatic carbocycles. The minimum atomic E-state index is 0.501. The van der Waals surface area contributed by atoms with Crippen molar-refractivity contribution >= 4 is 27.3 Å². The Kier molecular flexibility index (Phi) is 4.90. The molecule has 0 amide bonds. The Balaban J connectivity index is 2.08. The number of thiophene rings is 1.